The van der Waals surface area contributed by atoms with Gasteiger partial charge in [-0.2, -0.15) is 0 Å². The monoisotopic (exact) mass is 419 g/mol. The van der Waals surface area contributed by atoms with Gasteiger partial charge in [0, 0.05) is 22.2 Å². The Kier molecular flexibility index (Phi) is 6.62. The Morgan fingerprint density at radius 3 is 2.33 bits per heavy atom. The van der Waals surface area contributed by atoms with E-state index >= 15 is 0 Å². The van der Waals surface area contributed by atoms with E-state index < -0.39 is 0 Å². The first-order chi connectivity index (χ1) is 13.0. The quantitative estimate of drug-likeness (QED) is 0.519. The van der Waals surface area contributed by atoms with E-state index in [4.69, 9.17) is 39.5 Å². The van der Waals surface area contributed by atoms with Gasteiger partial charge in [0.1, 0.15) is 12.4 Å². The van der Waals surface area contributed by atoms with E-state index in [9.17, 15) is 4.79 Å². The second-order valence-electron chi connectivity index (χ2n) is 5.87. The Labute approximate surface area is 172 Å². The molecule has 6 heteroatoms. The maximum atomic E-state index is 12.4. The maximum Gasteiger partial charge on any atom is 0.251 e. The van der Waals surface area contributed by atoms with Gasteiger partial charge in [0.15, 0.2) is 0 Å². The SMILES string of the molecule is O=C(NCc1ccc(Cl)cc1)c1cccc(COc2ccc(Cl)cc2Cl)c1. The molecular weight excluding hydrogens is 405 g/mol. The molecule has 1 amide bonds. The molecule has 138 valence electrons. The molecule has 3 aromatic rings. The van der Waals surface area contributed by atoms with Crippen LogP contribution >= 0.6 is 34.8 Å². The van der Waals surface area contributed by atoms with E-state index in [1.54, 1.807) is 42.5 Å². The molecule has 0 saturated carbocycles. The largest absolute Gasteiger partial charge is 0.487 e. The molecule has 27 heavy (non-hydrogen) atoms. The lowest BCUT2D eigenvalue weighted by atomic mass is 10.1. The Hall–Kier alpha value is -2.20. The van der Waals surface area contributed by atoms with Crippen molar-refractivity contribution >= 4 is 40.7 Å². The first-order valence-electron chi connectivity index (χ1n) is 8.21. The molecule has 0 bridgehead atoms. The van der Waals surface area contributed by atoms with Gasteiger partial charge in [-0.05, 0) is 53.6 Å². The number of rotatable bonds is 6. The van der Waals surface area contributed by atoms with Crippen LogP contribution in [0.15, 0.2) is 66.7 Å². The second-order valence-corrected chi connectivity index (χ2v) is 7.15. The van der Waals surface area contributed by atoms with Crippen LogP contribution in [0.2, 0.25) is 15.1 Å². The van der Waals surface area contributed by atoms with Gasteiger partial charge >= 0.3 is 0 Å². The zero-order valence-electron chi connectivity index (χ0n) is 14.2. The van der Waals surface area contributed by atoms with Gasteiger partial charge in [-0.15, -0.1) is 0 Å². The molecular formula is C21H16Cl3NO2. The molecule has 0 atom stereocenters. The van der Waals surface area contributed by atoms with Crippen molar-refractivity contribution in [1.29, 1.82) is 0 Å². The molecule has 0 aliphatic heterocycles. The van der Waals surface area contributed by atoms with E-state index in [2.05, 4.69) is 5.32 Å². The van der Waals surface area contributed by atoms with E-state index in [1.807, 2.05) is 24.3 Å². The number of nitrogens with one attached hydrogen (secondary N) is 1. The number of amides is 1. The van der Waals surface area contributed by atoms with Crippen LogP contribution in [0, 0.1) is 0 Å². The molecule has 3 nitrogen and oxygen atoms in total. The summed E-state index contributed by atoms with van der Waals surface area (Å²) in [6, 6.07) is 19.7. The fourth-order valence-electron chi connectivity index (χ4n) is 2.44. The van der Waals surface area contributed by atoms with Crippen LogP contribution < -0.4 is 10.1 Å². The molecule has 3 rings (SSSR count). The molecule has 0 spiro atoms. The molecule has 1 N–H and O–H groups in total. The van der Waals surface area contributed by atoms with Crippen LogP contribution in [0.1, 0.15) is 21.5 Å². The second kappa shape index (κ2) is 9.14. The van der Waals surface area contributed by atoms with E-state index in [0.717, 1.165) is 11.1 Å². The third-order valence-corrected chi connectivity index (χ3v) is 4.63. The van der Waals surface area contributed by atoms with Crippen LogP contribution in [0.3, 0.4) is 0 Å². The summed E-state index contributed by atoms with van der Waals surface area (Å²) in [4.78, 5) is 12.4. The number of hydrogen-bond donors (Lipinski definition) is 1. The summed E-state index contributed by atoms with van der Waals surface area (Å²) < 4.78 is 5.72. The van der Waals surface area contributed by atoms with Crippen LogP contribution in [-0.4, -0.2) is 5.91 Å². The molecule has 0 fully saturated rings. The van der Waals surface area contributed by atoms with Crippen molar-refractivity contribution in [2.45, 2.75) is 13.2 Å². The summed E-state index contributed by atoms with van der Waals surface area (Å²) in [5, 5.41) is 4.55. The standard InChI is InChI=1S/C21H16Cl3NO2/c22-17-6-4-14(5-7-17)12-25-21(26)16-3-1-2-15(10-16)13-27-20-9-8-18(23)11-19(20)24/h1-11H,12-13H2,(H,25,26). The van der Waals surface area contributed by atoms with Gasteiger partial charge in [-0.1, -0.05) is 59.1 Å². The fraction of sp³-hybridized carbons (Fsp3) is 0.0952. The minimum absolute atomic E-state index is 0.156. The highest BCUT2D eigenvalue weighted by Gasteiger charge is 2.08. The smallest absolute Gasteiger partial charge is 0.251 e. The molecule has 0 aliphatic carbocycles. The van der Waals surface area contributed by atoms with E-state index in [1.165, 1.54) is 0 Å². The predicted octanol–water partition coefficient (Wildman–Crippen LogP) is 6.16. The van der Waals surface area contributed by atoms with Crippen molar-refractivity contribution in [3.05, 3.63) is 98.5 Å². The van der Waals surface area contributed by atoms with Crippen LogP contribution in [0.25, 0.3) is 0 Å². The van der Waals surface area contributed by atoms with Crippen LogP contribution in [0.5, 0.6) is 5.75 Å². The highest BCUT2D eigenvalue weighted by Crippen LogP contribution is 2.28. The number of benzene rings is 3. The third kappa shape index (κ3) is 5.64. The first kappa shape index (κ1) is 19.6. The lowest BCUT2D eigenvalue weighted by Crippen LogP contribution is -2.22. The summed E-state index contributed by atoms with van der Waals surface area (Å²) in [5.74, 6) is 0.384. The number of hydrogen-bond acceptors (Lipinski definition) is 2. The predicted molar refractivity (Wildman–Crippen MR) is 110 cm³/mol. The number of carbonyl (C=O) groups is 1. The van der Waals surface area contributed by atoms with Crippen LogP contribution in [-0.2, 0) is 13.2 Å². The normalized spacial score (nSPS) is 10.5. The van der Waals surface area contributed by atoms with Crippen molar-refractivity contribution in [1.82, 2.24) is 5.32 Å². The molecule has 0 heterocycles. The number of ether oxygens (including phenoxy) is 1. The summed E-state index contributed by atoms with van der Waals surface area (Å²) in [7, 11) is 0. The topological polar surface area (TPSA) is 38.3 Å². The van der Waals surface area contributed by atoms with Crippen LogP contribution in [0.4, 0.5) is 0 Å². The van der Waals surface area contributed by atoms with Crippen molar-refractivity contribution < 1.29 is 9.53 Å². The van der Waals surface area contributed by atoms with Gasteiger partial charge < -0.3 is 10.1 Å². The van der Waals surface area contributed by atoms with E-state index in [0.29, 0.717) is 39.5 Å². The molecule has 3 aromatic carbocycles. The van der Waals surface area contributed by atoms with Crippen molar-refractivity contribution in [2.75, 3.05) is 0 Å². The van der Waals surface area contributed by atoms with Crippen molar-refractivity contribution in [3.8, 4) is 5.75 Å². The molecule has 0 saturated heterocycles. The third-order valence-electron chi connectivity index (χ3n) is 3.84. The zero-order chi connectivity index (χ0) is 19.2. The van der Waals surface area contributed by atoms with Gasteiger partial charge in [-0.3, -0.25) is 4.79 Å². The highest BCUT2D eigenvalue weighted by atomic mass is 35.5. The van der Waals surface area contributed by atoms with E-state index in [-0.39, 0.29) is 5.91 Å². The lowest BCUT2D eigenvalue weighted by Gasteiger charge is -2.10. The minimum atomic E-state index is -0.156. The average molecular weight is 421 g/mol. The van der Waals surface area contributed by atoms with Gasteiger partial charge in [0.2, 0.25) is 0 Å². The fourth-order valence-corrected chi connectivity index (χ4v) is 3.03. The van der Waals surface area contributed by atoms with Crippen molar-refractivity contribution in [2.24, 2.45) is 0 Å². The Balaban J connectivity index is 1.60. The molecule has 0 aromatic heterocycles. The minimum Gasteiger partial charge on any atom is -0.487 e. The first-order valence-corrected chi connectivity index (χ1v) is 9.34. The number of carbonyl (C=O) groups excluding carboxylic acids is 1. The summed E-state index contributed by atoms with van der Waals surface area (Å²) in [5.41, 5.74) is 2.40. The zero-order valence-corrected chi connectivity index (χ0v) is 16.5. The molecule has 0 aliphatic rings. The Morgan fingerprint density at radius 2 is 1.59 bits per heavy atom. The number of halogens is 3. The molecule has 0 unspecified atom stereocenters. The van der Waals surface area contributed by atoms with Crippen molar-refractivity contribution in [3.63, 3.8) is 0 Å². The highest BCUT2D eigenvalue weighted by molar-refractivity contribution is 6.35. The molecule has 0 radical (unpaired) electrons. The van der Waals surface area contributed by atoms with Gasteiger partial charge in [-0.25, -0.2) is 0 Å². The average Bonchev–Trinajstić information content (AvgIpc) is 2.67. The Bertz CT molecular complexity index is 942. The Morgan fingerprint density at radius 1 is 0.852 bits per heavy atom. The summed E-state index contributed by atoms with van der Waals surface area (Å²) in [6.45, 7) is 0.719. The summed E-state index contributed by atoms with van der Waals surface area (Å²) >= 11 is 17.9. The lowest BCUT2D eigenvalue weighted by molar-refractivity contribution is 0.0950. The van der Waals surface area contributed by atoms with Gasteiger partial charge in [0.25, 0.3) is 5.91 Å². The van der Waals surface area contributed by atoms with Gasteiger partial charge in [0.05, 0.1) is 5.02 Å². The maximum absolute atomic E-state index is 12.4. The summed E-state index contributed by atoms with van der Waals surface area (Å²) in [6.07, 6.45) is 0.